The maximum absolute atomic E-state index is 9.08. The number of amidine groups is 1. The fraction of sp³-hybridized carbons (Fsp3) is 0.500. The molecule has 172 valence electrons. The van der Waals surface area contributed by atoms with Gasteiger partial charge in [0, 0.05) is 25.2 Å². The van der Waals surface area contributed by atoms with Gasteiger partial charge in [0.2, 0.25) is 0 Å². The summed E-state index contributed by atoms with van der Waals surface area (Å²) in [6, 6.07) is 21.1. The van der Waals surface area contributed by atoms with E-state index >= 15 is 0 Å². The van der Waals surface area contributed by atoms with Crippen molar-refractivity contribution >= 4 is 11.5 Å². The maximum atomic E-state index is 9.08. The molecule has 2 saturated heterocycles. The first-order chi connectivity index (χ1) is 16.3. The summed E-state index contributed by atoms with van der Waals surface area (Å²) < 4.78 is 0. The molecule has 1 unspecified atom stereocenters. The van der Waals surface area contributed by atoms with Gasteiger partial charge in [0.05, 0.1) is 17.7 Å². The number of nitrogens with one attached hydrogen (secondary N) is 1. The summed E-state index contributed by atoms with van der Waals surface area (Å²) in [6.45, 7) is 2.23. The van der Waals surface area contributed by atoms with Crippen LogP contribution in [-0.2, 0) is 4.84 Å². The smallest absolute Gasteiger partial charge is 0.124 e. The molecule has 2 aromatic carbocycles. The van der Waals surface area contributed by atoms with E-state index in [2.05, 4.69) is 52.8 Å². The molecule has 2 heterocycles. The number of aliphatic imine (C=N–C) groups is 1. The Balaban J connectivity index is 1.21. The molecule has 0 aromatic heterocycles. The van der Waals surface area contributed by atoms with Gasteiger partial charge in [-0.2, -0.15) is 5.26 Å². The van der Waals surface area contributed by atoms with Crippen molar-refractivity contribution in [2.45, 2.75) is 63.5 Å². The van der Waals surface area contributed by atoms with E-state index in [1.165, 1.54) is 56.2 Å². The van der Waals surface area contributed by atoms with Crippen LogP contribution in [0.5, 0.6) is 0 Å². The Morgan fingerprint density at radius 1 is 1.00 bits per heavy atom. The fourth-order valence-electron chi connectivity index (χ4n) is 5.83. The molecular weight excluding hydrogens is 408 g/mol. The highest BCUT2D eigenvalue weighted by atomic mass is 16.7. The zero-order valence-electron chi connectivity index (χ0n) is 19.3. The average molecular weight is 443 g/mol. The molecule has 1 saturated carbocycles. The number of anilines is 1. The van der Waals surface area contributed by atoms with Crippen LogP contribution >= 0.6 is 0 Å². The Labute approximate surface area is 197 Å². The first-order valence-corrected chi connectivity index (χ1v) is 12.6. The maximum Gasteiger partial charge on any atom is 0.124 e. The highest BCUT2D eigenvalue weighted by Gasteiger charge is 2.31. The molecule has 5 heteroatoms. The van der Waals surface area contributed by atoms with Crippen LogP contribution in [0, 0.1) is 23.2 Å². The van der Waals surface area contributed by atoms with E-state index in [1.54, 1.807) is 0 Å². The second-order valence-electron chi connectivity index (χ2n) is 9.86. The third kappa shape index (κ3) is 5.39. The van der Waals surface area contributed by atoms with E-state index in [-0.39, 0.29) is 6.10 Å². The van der Waals surface area contributed by atoms with Gasteiger partial charge >= 0.3 is 0 Å². The van der Waals surface area contributed by atoms with Crippen molar-refractivity contribution in [1.29, 1.82) is 5.26 Å². The molecule has 3 fully saturated rings. The van der Waals surface area contributed by atoms with E-state index in [4.69, 9.17) is 15.1 Å². The van der Waals surface area contributed by atoms with Crippen LogP contribution in [-0.4, -0.2) is 25.0 Å². The fourth-order valence-corrected chi connectivity index (χ4v) is 5.83. The van der Waals surface area contributed by atoms with Gasteiger partial charge in [-0.25, -0.2) is 0 Å². The van der Waals surface area contributed by atoms with Crippen molar-refractivity contribution in [3.63, 3.8) is 0 Å². The number of hydroxylamine groups is 1. The Bertz CT molecular complexity index is 981. The molecule has 33 heavy (non-hydrogen) atoms. The summed E-state index contributed by atoms with van der Waals surface area (Å²) in [5.41, 5.74) is 6.32. The lowest BCUT2D eigenvalue weighted by Gasteiger charge is -2.38. The number of rotatable bonds is 5. The first-order valence-electron chi connectivity index (χ1n) is 12.6. The van der Waals surface area contributed by atoms with Crippen LogP contribution in [0.25, 0.3) is 0 Å². The minimum absolute atomic E-state index is 0.0614. The Morgan fingerprint density at radius 3 is 2.64 bits per heavy atom. The van der Waals surface area contributed by atoms with Gasteiger partial charge in [-0.1, -0.05) is 43.2 Å². The van der Waals surface area contributed by atoms with Crippen LogP contribution in [0.1, 0.15) is 68.6 Å². The van der Waals surface area contributed by atoms with Crippen molar-refractivity contribution in [2.24, 2.45) is 16.8 Å². The minimum atomic E-state index is 0.0614. The molecule has 2 aliphatic heterocycles. The number of piperidine rings is 1. The van der Waals surface area contributed by atoms with Crippen molar-refractivity contribution < 1.29 is 4.84 Å². The van der Waals surface area contributed by atoms with E-state index in [0.29, 0.717) is 17.9 Å². The van der Waals surface area contributed by atoms with Crippen molar-refractivity contribution in [1.82, 2.24) is 5.48 Å². The Hall–Kier alpha value is -2.84. The average Bonchev–Trinajstić information content (AvgIpc) is 3.35. The zero-order valence-corrected chi connectivity index (χ0v) is 19.3. The number of nitriles is 1. The first kappa shape index (κ1) is 22.0. The quantitative estimate of drug-likeness (QED) is 0.637. The molecule has 2 aromatic rings. The molecule has 0 bridgehead atoms. The molecule has 1 aliphatic carbocycles. The summed E-state index contributed by atoms with van der Waals surface area (Å²) in [5, 5.41) is 9.08. The SMILES string of the molecule is N#Cc1ccc(N2CCC[C@H](C[C@@H]3CCCC[C@H]3N=C3CC(c4ccccc4)ON3)C2)cc1. The molecule has 4 atom stereocenters. The minimum Gasteiger partial charge on any atom is -0.371 e. The predicted octanol–water partition coefficient (Wildman–Crippen LogP) is 5.79. The standard InChI is InChI=1S/C28H34N4O/c29-19-21-12-14-25(15-13-21)32-16-6-7-22(20-32)17-24-10-4-5-11-26(24)30-28-18-27(33-31-28)23-8-2-1-3-9-23/h1-3,8-9,12-15,22,24,26-27H,4-7,10-11,16-18,20H2,(H,30,31)/t22-,24+,26-,27?/m1/s1. The number of benzene rings is 2. The second-order valence-corrected chi connectivity index (χ2v) is 9.86. The number of hydrogen-bond donors (Lipinski definition) is 1. The molecular formula is C28H34N4O. The lowest BCUT2D eigenvalue weighted by atomic mass is 9.77. The van der Waals surface area contributed by atoms with Crippen LogP contribution in [0.2, 0.25) is 0 Å². The zero-order chi connectivity index (χ0) is 22.5. The van der Waals surface area contributed by atoms with Gasteiger partial charge in [0.25, 0.3) is 0 Å². The van der Waals surface area contributed by atoms with Gasteiger partial charge in [-0.15, -0.1) is 0 Å². The molecule has 0 radical (unpaired) electrons. The van der Waals surface area contributed by atoms with E-state index in [1.807, 2.05) is 18.2 Å². The summed E-state index contributed by atoms with van der Waals surface area (Å²) in [4.78, 5) is 13.6. The van der Waals surface area contributed by atoms with E-state index in [0.717, 1.165) is 30.9 Å². The summed E-state index contributed by atoms with van der Waals surface area (Å²) in [6.07, 6.45) is 9.80. The third-order valence-electron chi connectivity index (χ3n) is 7.58. The molecule has 0 spiro atoms. The summed E-state index contributed by atoms with van der Waals surface area (Å²) >= 11 is 0. The normalized spacial score (nSPS) is 28.9. The lowest BCUT2D eigenvalue weighted by molar-refractivity contribution is 0.0447. The van der Waals surface area contributed by atoms with Gasteiger partial charge in [0.15, 0.2) is 0 Å². The molecule has 3 aliphatic rings. The Morgan fingerprint density at radius 2 is 1.82 bits per heavy atom. The summed E-state index contributed by atoms with van der Waals surface area (Å²) in [5.74, 6) is 2.39. The van der Waals surface area contributed by atoms with E-state index in [9.17, 15) is 0 Å². The second kappa shape index (κ2) is 10.4. The largest absolute Gasteiger partial charge is 0.371 e. The van der Waals surface area contributed by atoms with Gasteiger partial charge in [-0.05, 0) is 73.8 Å². The molecule has 0 amide bonds. The van der Waals surface area contributed by atoms with Gasteiger partial charge in [0.1, 0.15) is 11.9 Å². The van der Waals surface area contributed by atoms with Gasteiger partial charge < -0.3 is 4.90 Å². The molecule has 5 rings (SSSR count). The van der Waals surface area contributed by atoms with Gasteiger partial charge in [-0.3, -0.25) is 15.3 Å². The summed E-state index contributed by atoms with van der Waals surface area (Å²) in [7, 11) is 0. The lowest BCUT2D eigenvalue weighted by Crippen LogP contribution is -2.38. The predicted molar refractivity (Wildman–Crippen MR) is 132 cm³/mol. The molecule has 5 nitrogen and oxygen atoms in total. The number of hydrogen-bond acceptors (Lipinski definition) is 4. The van der Waals surface area contributed by atoms with Crippen molar-refractivity contribution in [2.75, 3.05) is 18.0 Å². The topological polar surface area (TPSA) is 60.7 Å². The van der Waals surface area contributed by atoms with Crippen molar-refractivity contribution in [3.8, 4) is 6.07 Å². The monoisotopic (exact) mass is 442 g/mol. The van der Waals surface area contributed by atoms with E-state index < -0.39 is 0 Å². The van der Waals surface area contributed by atoms with Crippen LogP contribution < -0.4 is 10.4 Å². The Kier molecular flexibility index (Phi) is 6.92. The van der Waals surface area contributed by atoms with Crippen LogP contribution in [0.15, 0.2) is 59.6 Å². The molecule has 1 N–H and O–H groups in total. The number of nitrogens with zero attached hydrogens (tertiary/aromatic N) is 3. The highest BCUT2D eigenvalue weighted by molar-refractivity contribution is 5.83. The highest BCUT2D eigenvalue weighted by Crippen LogP contribution is 2.36. The third-order valence-corrected chi connectivity index (χ3v) is 7.58. The van der Waals surface area contributed by atoms with Crippen LogP contribution in [0.4, 0.5) is 5.69 Å². The van der Waals surface area contributed by atoms with Crippen molar-refractivity contribution in [3.05, 3.63) is 65.7 Å². The van der Waals surface area contributed by atoms with Crippen LogP contribution in [0.3, 0.4) is 0 Å².